The first-order valence-corrected chi connectivity index (χ1v) is 8.32. The van der Waals surface area contributed by atoms with Crippen molar-refractivity contribution in [3.05, 3.63) is 54.5 Å². The number of fused-ring (bicyclic) bond motifs is 1. The molecule has 0 spiro atoms. The predicted molar refractivity (Wildman–Crippen MR) is 89.8 cm³/mol. The minimum absolute atomic E-state index is 0.0849. The molecule has 3 N–H and O–H groups in total. The molecule has 126 valence electrons. The molecule has 5 nitrogen and oxygen atoms in total. The highest BCUT2D eigenvalue weighted by atomic mass is 19.1. The molecule has 3 aromatic rings. The molecule has 1 aliphatic rings. The number of benzene rings is 1. The summed E-state index contributed by atoms with van der Waals surface area (Å²) in [5.74, 6) is 0.209. The normalized spacial score (nSPS) is 24.0. The van der Waals surface area contributed by atoms with Crippen molar-refractivity contribution in [1.29, 1.82) is 0 Å². The van der Waals surface area contributed by atoms with Crippen molar-refractivity contribution in [3.8, 4) is 0 Å². The smallest absolute Gasteiger partial charge is 0.125 e. The van der Waals surface area contributed by atoms with Gasteiger partial charge in [0.25, 0.3) is 0 Å². The highest BCUT2D eigenvalue weighted by molar-refractivity contribution is 5.80. The van der Waals surface area contributed by atoms with Crippen LogP contribution < -0.4 is 5.32 Å². The van der Waals surface area contributed by atoms with Crippen LogP contribution in [0.4, 0.5) is 4.39 Å². The Morgan fingerprint density at radius 2 is 2.25 bits per heavy atom. The second-order valence-corrected chi connectivity index (χ2v) is 6.68. The molecule has 1 aromatic carbocycles. The molecule has 1 fully saturated rings. The summed E-state index contributed by atoms with van der Waals surface area (Å²) in [5, 5.41) is 14.7. The number of aromatic nitrogens is 3. The Morgan fingerprint density at radius 3 is 3.08 bits per heavy atom. The van der Waals surface area contributed by atoms with Gasteiger partial charge < -0.3 is 20.0 Å². The van der Waals surface area contributed by atoms with Crippen LogP contribution in [0, 0.1) is 11.7 Å². The van der Waals surface area contributed by atoms with E-state index in [9.17, 15) is 9.50 Å². The Kier molecular flexibility index (Phi) is 4.08. The average Bonchev–Trinajstić information content (AvgIpc) is 3.26. The van der Waals surface area contributed by atoms with Gasteiger partial charge in [-0.3, -0.25) is 0 Å². The summed E-state index contributed by atoms with van der Waals surface area (Å²) < 4.78 is 15.3. The summed E-state index contributed by atoms with van der Waals surface area (Å²) >= 11 is 0. The molecule has 3 atom stereocenters. The molecule has 24 heavy (non-hydrogen) atoms. The zero-order chi connectivity index (χ0) is 16.5. The number of hydrogen-bond donors (Lipinski definition) is 3. The summed E-state index contributed by atoms with van der Waals surface area (Å²) in [7, 11) is 0. The number of nitrogens with zero attached hydrogens (tertiary/aromatic N) is 2. The van der Waals surface area contributed by atoms with Gasteiger partial charge in [0.15, 0.2) is 0 Å². The van der Waals surface area contributed by atoms with E-state index in [1.54, 1.807) is 12.3 Å². The molecule has 0 radical (unpaired) electrons. The van der Waals surface area contributed by atoms with E-state index in [4.69, 9.17) is 0 Å². The molecule has 2 aromatic heterocycles. The van der Waals surface area contributed by atoms with Gasteiger partial charge >= 0.3 is 0 Å². The molecular formula is C18H21FN4O. The molecule has 0 saturated heterocycles. The predicted octanol–water partition coefficient (Wildman–Crippen LogP) is 2.43. The van der Waals surface area contributed by atoms with Gasteiger partial charge in [-0.2, -0.15) is 0 Å². The summed E-state index contributed by atoms with van der Waals surface area (Å²) in [6.07, 6.45) is 6.95. The van der Waals surface area contributed by atoms with Crippen LogP contribution in [-0.2, 0) is 13.1 Å². The van der Waals surface area contributed by atoms with Crippen molar-refractivity contribution in [2.75, 3.05) is 0 Å². The summed E-state index contributed by atoms with van der Waals surface area (Å²) in [5.41, 5.74) is 1.80. The number of hydrogen-bond acceptors (Lipinski definition) is 3. The Hall–Kier alpha value is -2.18. The van der Waals surface area contributed by atoms with E-state index >= 15 is 0 Å². The first-order valence-electron chi connectivity index (χ1n) is 8.32. The fraction of sp³-hybridized carbons (Fsp3) is 0.389. The fourth-order valence-electron chi connectivity index (χ4n) is 3.68. The lowest BCUT2D eigenvalue weighted by atomic mass is 10.1. The minimum atomic E-state index is -0.333. The summed E-state index contributed by atoms with van der Waals surface area (Å²) in [6, 6.07) is 6.85. The third kappa shape index (κ3) is 3.20. The minimum Gasteiger partial charge on any atom is -0.391 e. The lowest BCUT2D eigenvalue weighted by Crippen LogP contribution is -2.35. The van der Waals surface area contributed by atoms with Crippen LogP contribution in [0.25, 0.3) is 10.9 Å². The average molecular weight is 328 g/mol. The van der Waals surface area contributed by atoms with E-state index in [1.165, 1.54) is 12.1 Å². The van der Waals surface area contributed by atoms with E-state index < -0.39 is 0 Å². The lowest BCUT2D eigenvalue weighted by Gasteiger charge is -2.15. The monoisotopic (exact) mass is 328 g/mol. The molecule has 1 aliphatic carbocycles. The Labute approximate surface area is 139 Å². The molecule has 1 unspecified atom stereocenters. The molecular weight excluding hydrogens is 307 g/mol. The van der Waals surface area contributed by atoms with Crippen LogP contribution in [0.5, 0.6) is 0 Å². The van der Waals surface area contributed by atoms with Crippen LogP contribution >= 0.6 is 0 Å². The van der Waals surface area contributed by atoms with Crippen molar-refractivity contribution < 1.29 is 9.50 Å². The van der Waals surface area contributed by atoms with E-state index in [1.807, 2.05) is 18.6 Å². The standard InChI is InChI=1S/C18H21FN4O/c19-14-2-1-13-7-15(22-16(13)8-14)9-21-17-5-12(6-18(17)24)10-23-4-3-20-11-23/h1-4,7-8,11-12,17-18,21-22,24H,5-6,9-10H2/t12?,17-,18-/m1/s1. The first-order chi connectivity index (χ1) is 11.7. The molecule has 0 bridgehead atoms. The molecule has 4 rings (SSSR count). The van der Waals surface area contributed by atoms with E-state index in [2.05, 4.69) is 19.9 Å². The maximum Gasteiger partial charge on any atom is 0.125 e. The number of nitrogens with one attached hydrogen (secondary N) is 2. The topological polar surface area (TPSA) is 65.9 Å². The SMILES string of the molecule is O[C@@H]1CC(Cn2ccnc2)C[C@H]1NCc1cc2ccc(F)cc2[nH]1. The number of imidazole rings is 1. The van der Waals surface area contributed by atoms with Gasteiger partial charge in [-0.15, -0.1) is 0 Å². The summed E-state index contributed by atoms with van der Waals surface area (Å²) in [6.45, 7) is 1.52. The Balaban J connectivity index is 1.36. The highest BCUT2D eigenvalue weighted by Gasteiger charge is 2.32. The Bertz CT molecular complexity index is 814. The van der Waals surface area contributed by atoms with Crippen LogP contribution in [-0.4, -0.2) is 31.8 Å². The van der Waals surface area contributed by atoms with Crippen LogP contribution in [0.3, 0.4) is 0 Å². The maximum absolute atomic E-state index is 13.3. The highest BCUT2D eigenvalue weighted by Crippen LogP contribution is 2.28. The summed E-state index contributed by atoms with van der Waals surface area (Å²) in [4.78, 5) is 7.29. The van der Waals surface area contributed by atoms with Gasteiger partial charge in [0, 0.05) is 42.7 Å². The lowest BCUT2D eigenvalue weighted by molar-refractivity contribution is 0.145. The van der Waals surface area contributed by atoms with Crippen LogP contribution in [0.1, 0.15) is 18.5 Å². The number of aliphatic hydroxyl groups excluding tert-OH is 1. The Morgan fingerprint density at radius 1 is 1.33 bits per heavy atom. The van der Waals surface area contributed by atoms with Gasteiger partial charge in [0.2, 0.25) is 0 Å². The van der Waals surface area contributed by atoms with Gasteiger partial charge in [-0.05, 0) is 48.4 Å². The van der Waals surface area contributed by atoms with Crippen molar-refractivity contribution >= 4 is 10.9 Å². The van der Waals surface area contributed by atoms with Gasteiger partial charge in [-0.1, -0.05) is 0 Å². The molecule has 6 heteroatoms. The van der Waals surface area contributed by atoms with E-state index in [0.717, 1.165) is 36.0 Å². The second kappa shape index (κ2) is 6.37. The van der Waals surface area contributed by atoms with Gasteiger partial charge in [0.1, 0.15) is 5.82 Å². The largest absolute Gasteiger partial charge is 0.391 e. The molecule has 0 amide bonds. The third-order valence-corrected chi connectivity index (χ3v) is 4.85. The second-order valence-electron chi connectivity index (χ2n) is 6.68. The first kappa shape index (κ1) is 15.4. The van der Waals surface area contributed by atoms with Crippen molar-refractivity contribution in [2.24, 2.45) is 5.92 Å². The zero-order valence-corrected chi connectivity index (χ0v) is 13.3. The molecule has 1 saturated carbocycles. The number of rotatable bonds is 5. The van der Waals surface area contributed by atoms with E-state index in [-0.39, 0.29) is 18.0 Å². The number of H-pyrrole nitrogens is 1. The fourth-order valence-corrected chi connectivity index (χ4v) is 3.68. The van der Waals surface area contributed by atoms with E-state index in [0.29, 0.717) is 12.5 Å². The van der Waals surface area contributed by atoms with Gasteiger partial charge in [0.05, 0.1) is 12.4 Å². The maximum atomic E-state index is 13.3. The quantitative estimate of drug-likeness (QED) is 0.674. The van der Waals surface area contributed by atoms with Crippen molar-refractivity contribution in [2.45, 2.75) is 38.1 Å². The molecule has 0 aliphatic heterocycles. The number of aliphatic hydroxyl groups is 1. The molecule has 2 heterocycles. The number of aromatic amines is 1. The zero-order valence-electron chi connectivity index (χ0n) is 13.3. The van der Waals surface area contributed by atoms with Crippen molar-refractivity contribution in [3.63, 3.8) is 0 Å². The number of halogens is 1. The van der Waals surface area contributed by atoms with Crippen LogP contribution in [0.2, 0.25) is 0 Å². The van der Waals surface area contributed by atoms with Gasteiger partial charge in [-0.25, -0.2) is 9.37 Å². The van der Waals surface area contributed by atoms with Crippen LogP contribution in [0.15, 0.2) is 43.0 Å². The third-order valence-electron chi connectivity index (χ3n) is 4.85. The van der Waals surface area contributed by atoms with Crippen molar-refractivity contribution in [1.82, 2.24) is 19.9 Å².